The van der Waals surface area contributed by atoms with E-state index < -0.39 is 29.7 Å². The van der Waals surface area contributed by atoms with E-state index in [-0.39, 0.29) is 30.7 Å². The molecule has 2 aliphatic heterocycles. The number of likely N-dealkylation sites (N-methyl/N-ethyl adjacent to an activating group) is 1. The van der Waals surface area contributed by atoms with Gasteiger partial charge in [-0.2, -0.15) is 0 Å². The summed E-state index contributed by atoms with van der Waals surface area (Å²) in [6.45, 7) is 6.07. The molecule has 6 rings (SSSR count). The Morgan fingerprint density at radius 2 is 1.29 bits per heavy atom. The predicted octanol–water partition coefficient (Wildman–Crippen LogP) is 6.38. The molecule has 0 radical (unpaired) electrons. The number of imide groups is 2. The second-order valence-electron chi connectivity index (χ2n) is 15.2. The highest BCUT2D eigenvalue weighted by Gasteiger charge is 2.45. The van der Waals surface area contributed by atoms with Gasteiger partial charge in [0.15, 0.2) is 0 Å². The van der Waals surface area contributed by atoms with Crippen LogP contribution in [0.25, 0.3) is 11.1 Å². The van der Waals surface area contributed by atoms with Gasteiger partial charge in [0.2, 0.25) is 17.7 Å². The predicted molar refractivity (Wildman–Crippen MR) is 238 cm³/mol. The first-order valence-electron chi connectivity index (χ1n) is 21.7. The van der Waals surface area contributed by atoms with Crippen LogP contribution in [0.2, 0.25) is 0 Å². The first kappa shape index (κ1) is 46.5. The van der Waals surface area contributed by atoms with E-state index in [4.69, 9.17) is 23.7 Å². The molecule has 1 saturated heterocycles. The zero-order chi connectivity index (χ0) is 44.4. The Kier molecular flexibility index (Phi) is 17.7. The maximum atomic E-state index is 13.3. The number of amides is 5. The molecule has 2 heterocycles. The average molecular weight is 860 g/mol. The number of benzene rings is 4. The molecule has 0 aliphatic carbocycles. The Morgan fingerprint density at radius 1 is 0.683 bits per heavy atom. The number of allylic oxidation sites excluding steroid dienone is 1. The SMILES string of the molecule is CC/C(=C(\c1ccccc1)c1ccc(OCCN(C)C(=O)CCOCCOCCOCCOCCCc2cccc3c2C(=O)N(C2CCC(=O)NC2=O)C3=O)cc1)c1ccccc1. The lowest BCUT2D eigenvalue weighted by Gasteiger charge is -2.27. The van der Waals surface area contributed by atoms with Crippen LogP contribution in [0.1, 0.15) is 82.0 Å². The van der Waals surface area contributed by atoms with Gasteiger partial charge in [-0.1, -0.05) is 91.9 Å². The number of aryl methyl sites for hydroxylation is 1. The summed E-state index contributed by atoms with van der Waals surface area (Å²) in [5, 5.41) is 2.22. The molecule has 63 heavy (non-hydrogen) atoms. The first-order valence-corrected chi connectivity index (χ1v) is 21.7. The Balaban J connectivity index is 0.777. The molecule has 1 fully saturated rings. The van der Waals surface area contributed by atoms with Crippen molar-refractivity contribution in [3.63, 3.8) is 0 Å². The lowest BCUT2D eigenvalue weighted by molar-refractivity contribution is -0.136. The van der Waals surface area contributed by atoms with Gasteiger partial charge in [-0.15, -0.1) is 0 Å². The zero-order valence-corrected chi connectivity index (χ0v) is 36.2. The summed E-state index contributed by atoms with van der Waals surface area (Å²) in [5.41, 5.74) is 7.28. The molecule has 4 aromatic carbocycles. The Morgan fingerprint density at radius 3 is 1.92 bits per heavy atom. The van der Waals surface area contributed by atoms with Crippen molar-refractivity contribution in [1.29, 1.82) is 0 Å². The fourth-order valence-electron chi connectivity index (χ4n) is 7.70. The van der Waals surface area contributed by atoms with Crippen LogP contribution in [0.5, 0.6) is 5.75 Å². The number of fused-ring (bicyclic) bond motifs is 1. The van der Waals surface area contributed by atoms with Crippen LogP contribution in [0.15, 0.2) is 103 Å². The molecule has 0 aromatic heterocycles. The van der Waals surface area contributed by atoms with Gasteiger partial charge in [-0.25, -0.2) is 0 Å². The molecule has 0 bridgehead atoms. The maximum Gasteiger partial charge on any atom is 0.262 e. The number of carbonyl (C=O) groups excluding carboxylic acids is 5. The van der Waals surface area contributed by atoms with Crippen LogP contribution in [-0.4, -0.2) is 118 Å². The Bertz CT molecular complexity index is 2190. The molecule has 5 amide bonds. The van der Waals surface area contributed by atoms with Crippen molar-refractivity contribution in [3.05, 3.63) is 137 Å². The Labute approximate surface area is 369 Å². The van der Waals surface area contributed by atoms with Crippen molar-refractivity contribution in [3.8, 4) is 5.75 Å². The molecular formula is C50H57N3O10. The van der Waals surface area contributed by atoms with E-state index in [1.807, 2.05) is 24.3 Å². The third kappa shape index (κ3) is 12.8. The summed E-state index contributed by atoms with van der Waals surface area (Å²) in [5.74, 6) is -1.33. The maximum absolute atomic E-state index is 13.3. The third-order valence-electron chi connectivity index (χ3n) is 11.0. The van der Waals surface area contributed by atoms with Gasteiger partial charge in [-0.05, 0) is 77.3 Å². The zero-order valence-electron chi connectivity index (χ0n) is 36.2. The van der Waals surface area contributed by atoms with E-state index >= 15 is 0 Å². The lowest BCUT2D eigenvalue weighted by Crippen LogP contribution is -2.54. The van der Waals surface area contributed by atoms with Crippen molar-refractivity contribution in [2.75, 3.05) is 73.1 Å². The number of carbonyl (C=O) groups is 5. The van der Waals surface area contributed by atoms with E-state index in [2.05, 4.69) is 72.9 Å². The largest absolute Gasteiger partial charge is 0.492 e. The number of piperidine rings is 1. The first-order chi connectivity index (χ1) is 30.8. The topological polar surface area (TPSA) is 150 Å². The average Bonchev–Trinajstić information content (AvgIpc) is 3.56. The minimum Gasteiger partial charge on any atom is -0.492 e. The van der Waals surface area contributed by atoms with E-state index in [1.54, 1.807) is 30.1 Å². The molecule has 1 atom stereocenters. The van der Waals surface area contributed by atoms with Crippen molar-refractivity contribution in [2.24, 2.45) is 0 Å². The minimum absolute atomic E-state index is 0.0235. The van der Waals surface area contributed by atoms with Crippen LogP contribution in [0, 0.1) is 0 Å². The molecule has 0 spiro atoms. The molecule has 13 nitrogen and oxygen atoms in total. The van der Waals surface area contributed by atoms with E-state index in [0.29, 0.717) is 84.4 Å². The molecule has 2 aliphatic rings. The van der Waals surface area contributed by atoms with Gasteiger partial charge in [0.1, 0.15) is 18.4 Å². The van der Waals surface area contributed by atoms with E-state index in [9.17, 15) is 24.0 Å². The minimum atomic E-state index is -0.992. The summed E-state index contributed by atoms with van der Waals surface area (Å²) in [7, 11) is 1.76. The van der Waals surface area contributed by atoms with Crippen molar-refractivity contribution >= 4 is 40.7 Å². The van der Waals surface area contributed by atoms with Crippen molar-refractivity contribution in [1.82, 2.24) is 15.1 Å². The highest BCUT2D eigenvalue weighted by atomic mass is 16.6. The number of hydrogen-bond acceptors (Lipinski definition) is 10. The molecule has 1 N–H and O–H groups in total. The van der Waals surface area contributed by atoms with Crippen LogP contribution >= 0.6 is 0 Å². The summed E-state index contributed by atoms with van der Waals surface area (Å²) in [6.07, 6.45) is 2.48. The van der Waals surface area contributed by atoms with Gasteiger partial charge in [0.25, 0.3) is 11.8 Å². The molecule has 4 aromatic rings. The van der Waals surface area contributed by atoms with E-state index in [1.165, 1.54) is 22.3 Å². The number of rotatable bonds is 25. The van der Waals surface area contributed by atoms with E-state index in [0.717, 1.165) is 28.2 Å². The summed E-state index contributed by atoms with van der Waals surface area (Å²) in [6, 6.07) is 33.2. The molecule has 0 saturated carbocycles. The molecule has 1 unspecified atom stereocenters. The summed E-state index contributed by atoms with van der Waals surface area (Å²) < 4.78 is 28.4. The second-order valence-corrected chi connectivity index (χ2v) is 15.2. The standard InChI is InChI=1S/C50H57N3O10/c1-3-41(36-12-6-4-7-13-36)46(37-14-8-5-9-15-37)39-19-21-40(22-20-39)63-29-26-52(2)45(55)25-28-60-31-33-62-35-34-61-32-30-59-27-11-17-38-16-10-18-42-47(38)50(58)53(49(42)57)43-23-24-44(54)51-48(43)56/h4-10,12-16,18-22,43H,3,11,17,23-35H2,1-2H3,(H,51,54,56)/b46-41-. The van der Waals surface area contributed by atoms with Crippen molar-refractivity contribution in [2.45, 2.75) is 51.5 Å². The molecular weight excluding hydrogens is 803 g/mol. The highest BCUT2D eigenvalue weighted by molar-refractivity contribution is 6.24. The van der Waals surface area contributed by atoms with Crippen LogP contribution in [0.4, 0.5) is 0 Å². The van der Waals surface area contributed by atoms with Gasteiger partial charge in [-0.3, -0.25) is 34.2 Å². The number of nitrogens with one attached hydrogen (secondary N) is 1. The van der Waals surface area contributed by atoms with Gasteiger partial charge in [0, 0.05) is 20.1 Å². The summed E-state index contributed by atoms with van der Waals surface area (Å²) >= 11 is 0. The fourth-order valence-corrected chi connectivity index (χ4v) is 7.70. The van der Waals surface area contributed by atoms with Gasteiger partial charge < -0.3 is 28.6 Å². The fraction of sp³-hybridized carbons (Fsp3) is 0.380. The monoisotopic (exact) mass is 859 g/mol. The van der Waals surface area contributed by atoms with Crippen LogP contribution in [-0.2, 0) is 39.8 Å². The van der Waals surface area contributed by atoms with Crippen LogP contribution in [0.3, 0.4) is 0 Å². The number of nitrogens with zero attached hydrogens (tertiary/aromatic N) is 2. The van der Waals surface area contributed by atoms with Crippen molar-refractivity contribution < 1.29 is 47.7 Å². The molecule has 332 valence electrons. The third-order valence-corrected chi connectivity index (χ3v) is 11.0. The van der Waals surface area contributed by atoms with Crippen LogP contribution < -0.4 is 10.1 Å². The smallest absolute Gasteiger partial charge is 0.262 e. The Hall–Kier alpha value is -5.99. The second kappa shape index (κ2) is 24.0. The number of ether oxygens (including phenoxy) is 5. The normalized spacial score (nSPS) is 15.3. The lowest BCUT2D eigenvalue weighted by atomic mass is 9.88. The summed E-state index contributed by atoms with van der Waals surface area (Å²) in [4.78, 5) is 65.5. The van der Waals surface area contributed by atoms with Gasteiger partial charge >= 0.3 is 0 Å². The highest BCUT2D eigenvalue weighted by Crippen LogP contribution is 2.35. The van der Waals surface area contributed by atoms with Gasteiger partial charge in [0.05, 0.1) is 70.3 Å². The number of hydrogen-bond donors (Lipinski definition) is 1. The quantitative estimate of drug-likeness (QED) is 0.0452. The molecule has 13 heteroatoms.